The summed E-state index contributed by atoms with van der Waals surface area (Å²) in [5, 5.41) is 22.1. The number of nitrogens with zero attached hydrogens (tertiary/aromatic N) is 2. The normalized spacial score (nSPS) is 16.6. The molecule has 2 heterocycles. The Kier molecular flexibility index (Phi) is 9.51. The van der Waals surface area contributed by atoms with Crippen LogP contribution in [0.3, 0.4) is 0 Å². The summed E-state index contributed by atoms with van der Waals surface area (Å²) < 4.78 is 60.0. The van der Waals surface area contributed by atoms with Crippen LogP contribution >= 0.6 is 11.8 Å². The number of aliphatic hydroxyl groups excluding tert-OH is 2. The Morgan fingerprint density at radius 3 is 2.47 bits per heavy atom. The van der Waals surface area contributed by atoms with Gasteiger partial charge in [0.15, 0.2) is 0 Å². The van der Waals surface area contributed by atoms with Crippen LogP contribution in [0.1, 0.15) is 42.9 Å². The number of halogens is 4. The molecule has 4 rings (SSSR count). The quantitative estimate of drug-likeness (QED) is 0.231. The summed E-state index contributed by atoms with van der Waals surface area (Å²) in [5.74, 6) is -1.72. The van der Waals surface area contributed by atoms with Crippen molar-refractivity contribution in [2.45, 2.75) is 43.4 Å². The summed E-state index contributed by atoms with van der Waals surface area (Å²) in [6, 6.07) is 6.65. The monoisotopic (exact) mass is 552 g/mol. The van der Waals surface area contributed by atoms with Gasteiger partial charge in [-0.2, -0.15) is 0 Å². The molecule has 1 fully saturated rings. The Bertz CT molecular complexity index is 1230. The first kappa shape index (κ1) is 28.6. The molecule has 1 aliphatic heterocycles. The maximum Gasteiger partial charge on any atom is 0.142 e. The van der Waals surface area contributed by atoms with E-state index in [1.165, 1.54) is 6.20 Å². The molecule has 0 radical (unpaired) electrons. The zero-order valence-corrected chi connectivity index (χ0v) is 22.0. The molecule has 1 saturated heterocycles. The molecule has 1 aliphatic rings. The van der Waals surface area contributed by atoms with Crippen LogP contribution in [0, 0.1) is 22.9 Å². The van der Waals surface area contributed by atoms with Gasteiger partial charge in [0.25, 0.3) is 0 Å². The number of benzene rings is 2. The highest BCUT2D eigenvalue weighted by atomic mass is 32.2. The summed E-state index contributed by atoms with van der Waals surface area (Å²) >= 11 is 1.01. The van der Waals surface area contributed by atoms with Crippen molar-refractivity contribution < 1.29 is 32.5 Å². The van der Waals surface area contributed by atoms with Crippen LogP contribution < -0.4 is 4.74 Å². The molecule has 10 heteroatoms. The summed E-state index contributed by atoms with van der Waals surface area (Å²) in [5.41, 5.74) is 1.09. The molecule has 1 atom stereocenters. The van der Waals surface area contributed by atoms with E-state index in [-0.39, 0.29) is 16.9 Å². The number of likely N-dealkylation sites (tertiary alicyclic amines) is 1. The van der Waals surface area contributed by atoms with E-state index in [4.69, 9.17) is 4.74 Å². The second-order valence-corrected chi connectivity index (χ2v) is 10.9. The fourth-order valence-corrected chi connectivity index (χ4v) is 6.08. The Labute approximate surface area is 223 Å². The van der Waals surface area contributed by atoms with E-state index in [0.717, 1.165) is 11.8 Å². The van der Waals surface area contributed by atoms with Crippen LogP contribution in [0.5, 0.6) is 5.75 Å². The van der Waals surface area contributed by atoms with E-state index in [1.54, 1.807) is 25.3 Å². The van der Waals surface area contributed by atoms with Gasteiger partial charge >= 0.3 is 0 Å². The minimum Gasteiger partial charge on any atom is -0.497 e. The third kappa shape index (κ3) is 6.42. The van der Waals surface area contributed by atoms with Crippen LogP contribution in [0.25, 0.3) is 10.9 Å². The number of hydrogen-bond donors (Lipinski definition) is 2. The smallest absolute Gasteiger partial charge is 0.142 e. The average Bonchev–Trinajstić information content (AvgIpc) is 2.92. The van der Waals surface area contributed by atoms with Gasteiger partial charge in [-0.05, 0) is 68.0 Å². The van der Waals surface area contributed by atoms with Crippen LogP contribution in [0.2, 0.25) is 0 Å². The van der Waals surface area contributed by atoms with Crippen LogP contribution in [-0.4, -0.2) is 59.2 Å². The number of aliphatic hydroxyl groups is 2. The first-order valence-corrected chi connectivity index (χ1v) is 13.6. The number of hydrogen-bond acceptors (Lipinski definition) is 6. The topological polar surface area (TPSA) is 65.8 Å². The van der Waals surface area contributed by atoms with E-state index in [1.807, 2.05) is 0 Å². The zero-order valence-electron chi connectivity index (χ0n) is 21.2. The van der Waals surface area contributed by atoms with E-state index in [2.05, 4.69) is 9.88 Å². The van der Waals surface area contributed by atoms with Crippen LogP contribution in [-0.2, 0) is 6.67 Å². The van der Waals surface area contributed by atoms with Gasteiger partial charge in [-0.1, -0.05) is 0 Å². The van der Waals surface area contributed by atoms with Crippen molar-refractivity contribution in [3.05, 3.63) is 65.1 Å². The van der Waals surface area contributed by atoms with Crippen molar-refractivity contribution >= 4 is 22.7 Å². The lowest BCUT2D eigenvalue weighted by atomic mass is 9.74. The van der Waals surface area contributed by atoms with Gasteiger partial charge in [-0.15, -0.1) is 11.8 Å². The molecule has 206 valence electrons. The number of rotatable bonds is 11. The van der Waals surface area contributed by atoms with E-state index >= 15 is 0 Å². The lowest BCUT2D eigenvalue weighted by Crippen LogP contribution is -2.43. The summed E-state index contributed by atoms with van der Waals surface area (Å²) in [7, 11) is 1.54. The second-order valence-electron chi connectivity index (χ2n) is 9.82. The van der Waals surface area contributed by atoms with E-state index in [9.17, 15) is 27.8 Å². The third-order valence-electron chi connectivity index (χ3n) is 7.49. The number of aromatic nitrogens is 1. The fourth-order valence-electron chi connectivity index (χ4n) is 5.13. The highest BCUT2D eigenvalue weighted by Gasteiger charge is 2.34. The summed E-state index contributed by atoms with van der Waals surface area (Å²) in [4.78, 5) is 6.29. The number of alkyl halides is 1. The average molecular weight is 553 g/mol. The summed E-state index contributed by atoms with van der Waals surface area (Å²) in [6.07, 6.45) is 2.82. The predicted octanol–water partition coefficient (Wildman–Crippen LogP) is 5.81. The molecule has 0 amide bonds. The molecule has 0 aliphatic carbocycles. The molecular formula is C28H32F4N2O3S. The zero-order chi connectivity index (χ0) is 27.3. The molecule has 0 spiro atoms. The third-order valence-corrected chi connectivity index (χ3v) is 8.56. The minimum absolute atomic E-state index is 0.0325. The molecular weight excluding hydrogens is 520 g/mol. The van der Waals surface area contributed by atoms with Gasteiger partial charge < -0.3 is 19.8 Å². The first-order chi connectivity index (χ1) is 18.3. The largest absolute Gasteiger partial charge is 0.497 e. The molecule has 3 aromatic rings. The SMILES string of the molecule is COc1ccc2ncc(CF)c([C@H](O)CCC3(CO)CCN(CCSc4c(F)cc(F)cc4F)CC3)c2c1. The number of fused-ring (bicyclic) bond motifs is 1. The van der Waals surface area contributed by atoms with Crippen LogP contribution in [0.15, 0.2) is 41.4 Å². The molecule has 1 aromatic heterocycles. The number of pyridine rings is 1. The van der Waals surface area contributed by atoms with Crippen molar-refractivity contribution in [3.63, 3.8) is 0 Å². The first-order valence-electron chi connectivity index (χ1n) is 12.6. The molecule has 0 saturated carbocycles. The highest BCUT2D eigenvalue weighted by molar-refractivity contribution is 7.99. The molecule has 2 N–H and O–H groups in total. The van der Waals surface area contributed by atoms with Gasteiger partial charge in [0.1, 0.15) is 29.9 Å². The Hall–Kier alpha value is -2.40. The number of methoxy groups -OCH3 is 1. The molecule has 38 heavy (non-hydrogen) atoms. The lowest BCUT2D eigenvalue weighted by Gasteiger charge is -2.41. The number of ether oxygens (including phenoxy) is 1. The number of thioether (sulfide) groups is 1. The van der Waals surface area contributed by atoms with E-state index < -0.39 is 30.2 Å². The predicted molar refractivity (Wildman–Crippen MR) is 140 cm³/mol. The van der Waals surface area contributed by atoms with E-state index in [0.29, 0.717) is 91.0 Å². The van der Waals surface area contributed by atoms with Gasteiger partial charge in [-0.25, -0.2) is 17.6 Å². The molecule has 0 unspecified atom stereocenters. The standard InChI is InChI=1S/C28H32F4N2O3S/c1-37-20-2-3-24-21(14-20)26(18(15-29)16-33-24)25(36)4-5-28(17-35)6-8-34(9-7-28)10-11-38-27-22(31)12-19(30)13-23(27)32/h2-3,12-14,16,25,35-36H,4-11,15,17H2,1H3/t25-/m1/s1. The van der Waals surface area contributed by atoms with Crippen molar-refractivity contribution in [1.82, 2.24) is 9.88 Å². The van der Waals surface area contributed by atoms with Crippen molar-refractivity contribution in [2.24, 2.45) is 5.41 Å². The maximum atomic E-state index is 13.9. The van der Waals surface area contributed by atoms with Crippen molar-refractivity contribution in [1.29, 1.82) is 0 Å². The van der Waals surface area contributed by atoms with Gasteiger partial charge in [0, 0.05) is 48.2 Å². The highest BCUT2D eigenvalue weighted by Crippen LogP contribution is 2.40. The summed E-state index contributed by atoms with van der Waals surface area (Å²) in [6.45, 7) is 1.19. The molecule has 5 nitrogen and oxygen atoms in total. The Morgan fingerprint density at radius 1 is 1.13 bits per heavy atom. The van der Waals surface area contributed by atoms with Crippen molar-refractivity contribution in [2.75, 3.05) is 39.1 Å². The Balaban J connectivity index is 1.35. The fraction of sp³-hybridized carbons (Fsp3) is 0.464. The van der Waals surface area contributed by atoms with Gasteiger partial charge in [0.05, 0.1) is 23.6 Å². The molecule has 0 bridgehead atoms. The van der Waals surface area contributed by atoms with Crippen LogP contribution in [0.4, 0.5) is 17.6 Å². The minimum atomic E-state index is -0.941. The van der Waals surface area contributed by atoms with Gasteiger partial charge in [-0.3, -0.25) is 4.98 Å². The maximum absolute atomic E-state index is 13.9. The van der Waals surface area contributed by atoms with Crippen molar-refractivity contribution in [3.8, 4) is 5.75 Å². The Morgan fingerprint density at radius 2 is 1.84 bits per heavy atom. The molecule has 2 aromatic carbocycles. The second kappa shape index (κ2) is 12.6. The number of piperidine rings is 1. The van der Waals surface area contributed by atoms with Gasteiger partial charge in [0.2, 0.25) is 0 Å². The lowest BCUT2D eigenvalue weighted by molar-refractivity contribution is 0.0253.